The number of likely N-dealkylation sites (N-methyl/N-ethyl adjacent to an activating group) is 1. The van der Waals surface area contributed by atoms with Gasteiger partial charge in [0.1, 0.15) is 0 Å². The molecule has 2 aliphatic carbocycles. The summed E-state index contributed by atoms with van der Waals surface area (Å²) in [4.78, 5) is 12.0. The molecule has 0 heterocycles. The molecule has 0 radical (unpaired) electrons. The van der Waals surface area contributed by atoms with Crippen molar-refractivity contribution in [2.45, 2.75) is 0 Å². The third-order valence-electron chi connectivity index (χ3n) is 3.35. The van der Waals surface area contributed by atoms with Gasteiger partial charge in [-0.25, -0.2) is 12.1 Å². The van der Waals surface area contributed by atoms with Gasteiger partial charge in [0, 0.05) is 17.3 Å². The molecule has 3 rings (SSSR count). The molecule has 1 aromatic carbocycles. The fourth-order valence-electron chi connectivity index (χ4n) is 2.30. The molecule has 4 nitrogen and oxygen atoms in total. The van der Waals surface area contributed by atoms with E-state index in [0.29, 0.717) is 5.57 Å². The first-order valence-electron chi connectivity index (χ1n) is 7.48. The number of allylic oxidation sites excluding steroid dienone is 6. The van der Waals surface area contributed by atoms with E-state index in [1.54, 1.807) is 0 Å². The van der Waals surface area contributed by atoms with E-state index < -0.39 is 10.8 Å². The molecular formula is C19H19FFeN2O2. The van der Waals surface area contributed by atoms with Crippen LogP contribution < -0.4 is 0 Å². The fraction of sp³-hybridized carbons (Fsp3) is 0.158. The standard InChI is InChI=1S/C14H14FN2O2.C5H5.Fe/c1-16(2)9-10-3-4-11(7-10)13-6-5-12(17(18)19)8-14(13)15;1-2-4-5-3-1;/h3-8H,9H2,1-2H3;1-5H;/q2*-1;+2/b13-11-;;. The van der Waals surface area contributed by atoms with Gasteiger partial charge in [-0.15, -0.1) is 0 Å². The van der Waals surface area contributed by atoms with Crippen LogP contribution in [0.3, 0.4) is 0 Å². The number of nitro groups is 1. The topological polar surface area (TPSA) is 46.4 Å². The van der Waals surface area contributed by atoms with Gasteiger partial charge in [0.25, 0.3) is 0 Å². The summed E-state index contributed by atoms with van der Waals surface area (Å²) in [5.41, 5.74) is 2.21. The molecule has 0 N–H and O–H groups in total. The molecule has 1 aromatic rings. The predicted octanol–water partition coefficient (Wildman–Crippen LogP) is 3.98. The zero-order valence-corrected chi connectivity index (χ0v) is 15.1. The van der Waals surface area contributed by atoms with Gasteiger partial charge >= 0.3 is 17.1 Å². The quantitative estimate of drug-likeness (QED) is 0.344. The number of rotatable bonds is 3. The molecule has 0 unspecified atom stereocenters. The van der Waals surface area contributed by atoms with E-state index in [2.05, 4.69) is 0 Å². The van der Waals surface area contributed by atoms with Crippen molar-refractivity contribution in [1.29, 1.82) is 0 Å². The Morgan fingerprint density at radius 1 is 1.24 bits per heavy atom. The van der Waals surface area contributed by atoms with Crippen LogP contribution in [0.2, 0.25) is 0 Å². The largest absolute Gasteiger partial charge is 2.00 e. The van der Waals surface area contributed by atoms with Crippen LogP contribution in [0.1, 0.15) is 0 Å². The molecule has 25 heavy (non-hydrogen) atoms. The van der Waals surface area contributed by atoms with Crippen molar-refractivity contribution in [3.63, 3.8) is 0 Å². The summed E-state index contributed by atoms with van der Waals surface area (Å²) < 4.78 is 13.9. The van der Waals surface area contributed by atoms with E-state index in [4.69, 9.17) is 0 Å². The maximum absolute atomic E-state index is 13.9. The van der Waals surface area contributed by atoms with Gasteiger partial charge in [-0.1, -0.05) is 36.0 Å². The van der Waals surface area contributed by atoms with Crippen LogP contribution in [-0.2, 0) is 17.1 Å². The molecule has 2 aliphatic rings. The number of hydrogen-bond acceptors (Lipinski definition) is 3. The Hall–Kier alpha value is -2.27. The van der Waals surface area contributed by atoms with Crippen LogP contribution in [-0.4, -0.2) is 30.5 Å². The monoisotopic (exact) mass is 382 g/mol. The Labute approximate surface area is 157 Å². The van der Waals surface area contributed by atoms with E-state index in [1.165, 1.54) is 12.2 Å². The molecule has 0 aromatic heterocycles. The molecule has 6 heteroatoms. The molecule has 0 fully saturated rings. The van der Waals surface area contributed by atoms with Gasteiger partial charge in [0.15, 0.2) is 6.04 Å². The minimum absolute atomic E-state index is 0. The Morgan fingerprint density at radius 3 is 2.40 bits per heavy atom. The minimum atomic E-state index is -0.602. The molecule has 0 bridgehead atoms. The van der Waals surface area contributed by atoms with Gasteiger partial charge < -0.3 is 4.90 Å². The summed E-state index contributed by atoms with van der Waals surface area (Å²) in [6, 6.07) is 9.77. The second kappa shape index (κ2) is 9.89. The average Bonchev–Trinajstić information content (AvgIpc) is 3.20. The molecule has 0 aliphatic heterocycles. The normalized spacial score (nSPS) is 18.3. The number of halogens is 1. The molecule has 0 atom stereocenters. The summed E-state index contributed by atoms with van der Waals surface area (Å²) in [6.07, 6.45) is 9.36. The van der Waals surface area contributed by atoms with Crippen molar-refractivity contribution in [2.75, 3.05) is 20.6 Å². The Balaban J connectivity index is 0.000000448. The maximum atomic E-state index is 13.9. The molecular weight excluding hydrogens is 363 g/mol. The van der Waals surface area contributed by atoms with Crippen molar-refractivity contribution < 1.29 is 26.4 Å². The van der Waals surface area contributed by atoms with Crippen molar-refractivity contribution in [2.24, 2.45) is 0 Å². The molecule has 0 spiro atoms. The van der Waals surface area contributed by atoms with Crippen LogP contribution in [0, 0.1) is 16.2 Å². The summed E-state index contributed by atoms with van der Waals surface area (Å²) in [5, 5.41) is 10.6. The van der Waals surface area contributed by atoms with Crippen molar-refractivity contribution in [3.8, 4) is 0 Å². The maximum Gasteiger partial charge on any atom is 2.00 e. The van der Waals surface area contributed by atoms with Crippen LogP contribution in [0.15, 0.2) is 89.3 Å². The van der Waals surface area contributed by atoms with Gasteiger partial charge in [0.05, 0.1) is 0 Å². The second-order valence-corrected chi connectivity index (χ2v) is 5.63. The van der Waals surface area contributed by atoms with Gasteiger partial charge in [-0.2, -0.15) is 24.3 Å². The van der Waals surface area contributed by atoms with E-state index in [-0.39, 0.29) is 23.1 Å². The van der Waals surface area contributed by atoms with Crippen LogP contribution in [0.5, 0.6) is 0 Å². The predicted molar refractivity (Wildman–Crippen MR) is 93.4 cm³/mol. The Kier molecular flexibility index (Phi) is 8.22. The van der Waals surface area contributed by atoms with E-state index in [0.717, 1.165) is 23.8 Å². The van der Waals surface area contributed by atoms with Crippen molar-refractivity contribution in [3.05, 3.63) is 105 Å². The van der Waals surface area contributed by atoms with E-state index >= 15 is 0 Å². The smallest absolute Gasteiger partial charge is 0.305 e. The van der Waals surface area contributed by atoms with Crippen molar-refractivity contribution >= 4 is 0 Å². The summed E-state index contributed by atoms with van der Waals surface area (Å²) in [7, 11) is 3.91. The molecule has 0 saturated heterocycles. The minimum Gasteiger partial charge on any atom is -0.305 e. The zero-order valence-electron chi connectivity index (χ0n) is 14.0. The summed E-state index contributed by atoms with van der Waals surface area (Å²) in [6.45, 7) is 0.772. The van der Waals surface area contributed by atoms with Crippen molar-refractivity contribution in [1.82, 2.24) is 4.90 Å². The zero-order chi connectivity index (χ0) is 17.5. The van der Waals surface area contributed by atoms with Crippen LogP contribution >= 0.6 is 0 Å². The van der Waals surface area contributed by atoms with Gasteiger partial charge in [0.2, 0.25) is 0 Å². The molecule has 0 saturated carbocycles. The van der Waals surface area contributed by atoms with E-state index in [9.17, 15) is 14.5 Å². The van der Waals surface area contributed by atoms with E-state index in [1.807, 2.05) is 67.6 Å². The Bertz CT molecular complexity index is 711. The molecule has 0 amide bonds. The third-order valence-corrected chi connectivity index (χ3v) is 3.35. The first-order chi connectivity index (χ1) is 11.5. The fourth-order valence-corrected chi connectivity index (χ4v) is 2.30. The summed E-state index contributed by atoms with van der Waals surface area (Å²) in [5.74, 6) is -0.573. The third kappa shape index (κ3) is 6.27. The van der Waals surface area contributed by atoms with Gasteiger partial charge in [-0.3, -0.25) is 14.5 Å². The molecule has 132 valence electrons. The first-order valence-corrected chi connectivity index (χ1v) is 7.48. The summed E-state index contributed by atoms with van der Waals surface area (Å²) >= 11 is 0. The number of hydrogen-bond donors (Lipinski definition) is 0. The Morgan fingerprint density at radius 2 is 1.92 bits per heavy atom. The van der Waals surface area contributed by atoms with Crippen LogP contribution in [0.4, 0.5) is 4.39 Å². The second-order valence-electron chi connectivity index (χ2n) is 5.63. The first kappa shape index (κ1) is 20.8. The number of nitrogens with zero attached hydrogens (tertiary/aromatic N) is 2. The van der Waals surface area contributed by atoms with Crippen LogP contribution in [0.25, 0.3) is 0 Å². The average molecular weight is 382 g/mol. The SMILES string of the molecule is CN(C)CC1=C/C(=C2/C=C[C-]([N+](=O)[O-])C=C2F)C=C1.[Fe+2].c1cc[cH-]c1. The van der Waals surface area contributed by atoms with Gasteiger partial charge in [-0.05, 0) is 25.2 Å².